The van der Waals surface area contributed by atoms with Gasteiger partial charge in [0.1, 0.15) is 18.0 Å². The summed E-state index contributed by atoms with van der Waals surface area (Å²) in [5.74, 6) is -4.50. The van der Waals surface area contributed by atoms with Crippen molar-refractivity contribution < 1.29 is 54.8 Å². The normalized spacial score (nSPS) is 25.6. The van der Waals surface area contributed by atoms with E-state index in [1.54, 1.807) is 24.3 Å². The molecule has 8 rings (SSSR count). The molecule has 2 aliphatic carbocycles. The molecule has 4 aromatic carbocycles. The Morgan fingerprint density at radius 1 is 0.889 bits per heavy atom. The average molecular weight is 742 g/mol. The molecule has 5 aromatic rings. The van der Waals surface area contributed by atoms with Crippen molar-refractivity contribution in [1.29, 1.82) is 0 Å². The van der Waals surface area contributed by atoms with Gasteiger partial charge >= 0.3 is 5.97 Å². The number of carbonyl (C=O) groups is 1. The highest BCUT2D eigenvalue weighted by Crippen LogP contribution is 2.57. The number of ether oxygens (including phenoxy) is 3. The minimum atomic E-state index is -2.60. The molecule has 2 heterocycles. The highest BCUT2D eigenvalue weighted by Gasteiger charge is 2.59. The zero-order chi connectivity index (χ0) is 37.8. The zero-order valence-electron chi connectivity index (χ0n) is 29.9. The summed E-state index contributed by atoms with van der Waals surface area (Å²) in [6.07, 6.45) is 0.383. The molecule has 8 N–H and O–H groups in total. The van der Waals surface area contributed by atoms with Crippen molar-refractivity contribution in [3.8, 4) is 11.5 Å². The third-order valence-electron chi connectivity index (χ3n) is 12.7. The highest BCUT2D eigenvalue weighted by molar-refractivity contribution is 6.14. The Morgan fingerprint density at radius 3 is 2.22 bits per heavy atom. The third kappa shape index (κ3) is 6.24. The van der Waals surface area contributed by atoms with Crippen LogP contribution in [0.1, 0.15) is 62.6 Å². The average Bonchev–Trinajstić information content (AvgIpc) is 3.86. The molecule has 0 unspecified atom stereocenters. The van der Waals surface area contributed by atoms with Crippen LogP contribution in [0.2, 0.25) is 0 Å². The van der Waals surface area contributed by atoms with Gasteiger partial charge in [0, 0.05) is 11.3 Å². The van der Waals surface area contributed by atoms with E-state index in [9.17, 15) is 40.5 Å². The minimum Gasteiger partial charge on any atom is -0.508 e. The number of rotatable bonds is 10. The highest BCUT2D eigenvalue weighted by atomic mass is 16.7. The van der Waals surface area contributed by atoms with E-state index >= 15 is 0 Å². The maximum Gasteiger partial charge on any atom is 0.343 e. The van der Waals surface area contributed by atoms with E-state index in [0.717, 1.165) is 65.6 Å². The summed E-state index contributed by atoms with van der Waals surface area (Å²) in [6.45, 7) is -1.94. The molecule has 2 saturated carbocycles. The molecule has 3 aliphatic rings. The molecule has 12 nitrogen and oxygen atoms in total. The van der Waals surface area contributed by atoms with Gasteiger partial charge in [-0.25, -0.2) is 4.79 Å². The second-order valence-electron chi connectivity index (χ2n) is 15.6. The number of fused-ring (bicyclic) bond motifs is 4. The molecule has 1 spiro atoms. The molecular formula is C42H47NO11. The molecule has 0 amide bonds. The number of hydrogen-bond donors (Lipinski definition) is 8. The van der Waals surface area contributed by atoms with Crippen molar-refractivity contribution >= 4 is 38.4 Å². The Morgan fingerprint density at radius 2 is 1.57 bits per heavy atom. The maximum atomic E-state index is 14.1. The van der Waals surface area contributed by atoms with Gasteiger partial charge in [0.2, 0.25) is 5.79 Å². The van der Waals surface area contributed by atoms with Gasteiger partial charge in [-0.3, -0.25) is 0 Å². The van der Waals surface area contributed by atoms with Crippen LogP contribution >= 0.6 is 0 Å². The van der Waals surface area contributed by atoms with Gasteiger partial charge in [0.05, 0.1) is 36.4 Å². The number of phenolic OH excluding ortho intramolecular Hbond substituents is 1. The first kappa shape index (κ1) is 36.8. The van der Waals surface area contributed by atoms with E-state index in [-0.39, 0.29) is 29.2 Å². The molecular weight excluding hydrogens is 694 g/mol. The lowest BCUT2D eigenvalue weighted by molar-refractivity contribution is -0.246. The van der Waals surface area contributed by atoms with Crippen LogP contribution < -0.4 is 4.74 Å². The first-order valence-corrected chi connectivity index (χ1v) is 18.7. The zero-order valence-corrected chi connectivity index (χ0v) is 29.9. The molecule has 1 aliphatic heterocycles. The lowest BCUT2D eigenvalue weighted by Gasteiger charge is -2.50. The molecule has 54 heavy (non-hydrogen) atoms. The number of esters is 1. The molecule has 3 fully saturated rings. The van der Waals surface area contributed by atoms with Crippen molar-refractivity contribution in [2.45, 2.75) is 93.8 Å². The van der Waals surface area contributed by atoms with E-state index in [1.165, 1.54) is 0 Å². The van der Waals surface area contributed by atoms with Gasteiger partial charge in [0.15, 0.2) is 18.1 Å². The fraction of sp³-hybridized carbons (Fsp3) is 0.452. The number of H-pyrrole nitrogens is 1. The van der Waals surface area contributed by atoms with Gasteiger partial charge in [-0.1, -0.05) is 55.3 Å². The summed E-state index contributed by atoms with van der Waals surface area (Å²) < 4.78 is 17.8. The Balaban J connectivity index is 1.11. The molecule has 5 atom stereocenters. The quantitative estimate of drug-likeness (QED) is 0.0573. The number of carbonyl (C=O) groups excluding carboxylic acids is 1. The smallest absolute Gasteiger partial charge is 0.343 e. The first-order chi connectivity index (χ1) is 26.0. The summed E-state index contributed by atoms with van der Waals surface area (Å²) in [7, 11) is 0. The van der Waals surface area contributed by atoms with Crippen molar-refractivity contribution in [3.63, 3.8) is 0 Å². The van der Waals surface area contributed by atoms with Crippen LogP contribution in [0.4, 0.5) is 0 Å². The summed E-state index contributed by atoms with van der Waals surface area (Å²) in [4.78, 5) is 17.2. The topological polar surface area (TPSA) is 202 Å². The number of aromatic hydroxyl groups is 1. The number of aromatic amines is 1. The molecule has 0 bridgehead atoms. The Hall–Kier alpha value is -4.11. The standard InChI is InChI=1S/C42H47NO11/c44-21-32-34(33-29-20-25-6-2-1-5-24(25)19-26(29)7-12-31(33)43-32)53-39(50)36-35(37(47)42(51,23-45)54-36)52-22-30(38(48)49)41(27-8-10-28(46)11-9-27)17-15-40(16-18-41)13-3-4-14-40/h1-2,5-12,19-20,30,35-38,43-49,51H,3-4,13-18,21-23H2/t30-,35+,36-,37-,42+/m1/s1. The summed E-state index contributed by atoms with van der Waals surface area (Å²) in [5.41, 5.74) is 1.01. The summed E-state index contributed by atoms with van der Waals surface area (Å²) in [5, 5.41) is 79.0. The molecule has 0 radical (unpaired) electrons. The number of aliphatic hydroxyl groups excluding tert-OH is 4. The van der Waals surface area contributed by atoms with E-state index < -0.39 is 60.9 Å². The van der Waals surface area contributed by atoms with Gasteiger partial charge in [-0.2, -0.15) is 0 Å². The lowest BCUT2D eigenvalue weighted by Crippen LogP contribution is -2.51. The fourth-order valence-corrected chi connectivity index (χ4v) is 9.65. The first-order valence-electron chi connectivity index (χ1n) is 18.7. The van der Waals surface area contributed by atoms with Gasteiger partial charge in [0.25, 0.3) is 0 Å². The molecule has 286 valence electrons. The second kappa shape index (κ2) is 14.2. The Labute approximate surface area is 311 Å². The number of aromatic nitrogens is 1. The van der Waals surface area contributed by atoms with E-state index in [1.807, 2.05) is 48.5 Å². The van der Waals surface area contributed by atoms with Crippen molar-refractivity contribution in [3.05, 3.63) is 84.1 Å². The van der Waals surface area contributed by atoms with Crippen molar-refractivity contribution in [2.75, 3.05) is 13.2 Å². The summed E-state index contributed by atoms with van der Waals surface area (Å²) in [6, 6.07) is 22.2. The summed E-state index contributed by atoms with van der Waals surface area (Å²) >= 11 is 0. The van der Waals surface area contributed by atoms with Crippen LogP contribution in [0, 0.1) is 11.3 Å². The van der Waals surface area contributed by atoms with Crippen molar-refractivity contribution in [2.24, 2.45) is 11.3 Å². The van der Waals surface area contributed by atoms with E-state index in [2.05, 4.69) is 4.98 Å². The number of aliphatic hydroxyl groups is 6. The fourth-order valence-electron chi connectivity index (χ4n) is 9.65. The van der Waals surface area contributed by atoms with E-state index in [4.69, 9.17) is 14.2 Å². The predicted octanol–water partition coefficient (Wildman–Crippen LogP) is 4.40. The minimum absolute atomic E-state index is 0.0349. The SMILES string of the molecule is O=C(Oc1c(CO)[nH]c2ccc3cc4ccccc4cc3c12)[C@@H]1O[C@@](O)(CO)[C@H](O)[C@H]1OC[C@H](C(O)O)C1(c2ccc(O)cc2)CCC2(CCCC2)CC1. The van der Waals surface area contributed by atoms with Crippen LogP contribution in [0.15, 0.2) is 72.8 Å². The van der Waals surface area contributed by atoms with Gasteiger partial charge in [-0.15, -0.1) is 0 Å². The molecule has 1 aromatic heterocycles. The number of phenols is 1. The van der Waals surface area contributed by atoms with Crippen LogP contribution in [0.25, 0.3) is 32.4 Å². The van der Waals surface area contributed by atoms with Crippen LogP contribution in [0.5, 0.6) is 11.5 Å². The molecule has 1 saturated heterocycles. The second-order valence-corrected chi connectivity index (χ2v) is 15.6. The lowest BCUT2D eigenvalue weighted by atomic mass is 9.56. The van der Waals surface area contributed by atoms with Gasteiger partial charge < -0.3 is 54.9 Å². The van der Waals surface area contributed by atoms with E-state index in [0.29, 0.717) is 23.7 Å². The maximum absolute atomic E-state index is 14.1. The number of nitrogens with one attached hydrogen (secondary N) is 1. The Kier molecular flexibility index (Phi) is 9.68. The predicted molar refractivity (Wildman–Crippen MR) is 198 cm³/mol. The van der Waals surface area contributed by atoms with Crippen LogP contribution in [-0.4, -0.2) is 90.3 Å². The number of hydrogen-bond acceptors (Lipinski definition) is 11. The monoisotopic (exact) mass is 741 g/mol. The third-order valence-corrected chi connectivity index (χ3v) is 12.7. The van der Waals surface area contributed by atoms with Crippen LogP contribution in [-0.2, 0) is 26.3 Å². The largest absolute Gasteiger partial charge is 0.508 e. The Bertz CT molecular complexity index is 2150. The van der Waals surface area contributed by atoms with Gasteiger partial charge in [-0.05, 0) is 101 Å². The van der Waals surface area contributed by atoms with Crippen molar-refractivity contribution in [1.82, 2.24) is 4.98 Å². The molecule has 12 heteroatoms. The van der Waals surface area contributed by atoms with Crippen LogP contribution in [0.3, 0.4) is 0 Å². The number of benzene rings is 4.